The van der Waals surface area contributed by atoms with E-state index in [1.165, 1.54) is 30.5 Å². The largest absolute Gasteiger partial charge is 0.494 e. The second-order valence-electron chi connectivity index (χ2n) is 6.59. The number of non-ortho nitro benzene ring substituents is 1. The van der Waals surface area contributed by atoms with Gasteiger partial charge in [-0.3, -0.25) is 15.0 Å². The van der Waals surface area contributed by atoms with Crippen LogP contribution in [0.15, 0.2) is 54.6 Å². The van der Waals surface area contributed by atoms with E-state index in [2.05, 4.69) is 35.2 Å². The molecule has 1 aliphatic rings. The fourth-order valence-electron chi connectivity index (χ4n) is 3.28. The molecule has 5 heteroatoms. The second kappa shape index (κ2) is 8.62. The summed E-state index contributed by atoms with van der Waals surface area (Å²) in [7, 11) is 0. The molecular formula is C20H24N2O3. The monoisotopic (exact) mass is 340 g/mol. The van der Waals surface area contributed by atoms with Gasteiger partial charge in [0, 0.05) is 18.7 Å². The molecule has 0 unspecified atom stereocenters. The zero-order valence-corrected chi connectivity index (χ0v) is 14.3. The summed E-state index contributed by atoms with van der Waals surface area (Å²) in [6.45, 7) is 3.97. The van der Waals surface area contributed by atoms with Crippen LogP contribution >= 0.6 is 0 Å². The number of nitrogens with zero attached hydrogens (tertiary/aromatic N) is 2. The lowest BCUT2D eigenvalue weighted by atomic mass is 9.93. The number of hydrogen-bond acceptors (Lipinski definition) is 4. The number of rotatable bonds is 7. The van der Waals surface area contributed by atoms with Crippen LogP contribution in [0.4, 0.5) is 5.69 Å². The molecule has 25 heavy (non-hydrogen) atoms. The Morgan fingerprint density at radius 2 is 1.72 bits per heavy atom. The van der Waals surface area contributed by atoms with Crippen LogP contribution in [0.5, 0.6) is 5.75 Å². The van der Waals surface area contributed by atoms with Gasteiger partial charge in [-0.2, -0.15) is 0 Å². The molecule has 1 heterocycles. The predicted molar refractivity (Wildman–Crippen MR) is 97.7 cm³/mol. The summed E-state index contributed by atoms with van der Waals surface area (Å²) in [5.74, 6) is 1.40. The molecule has 0 bridgehead atoms. The van der Waals surface area contributed by atoms with Crippen LogP contribution in [0.25, 0.3) is 0 Å². The van der Waals surface area contributed by atoms with E-state index in [1.807, 2.05) is 0 Å². The Bertz CT molecular complexity index is 665. The first kappa shape index (κ1) is 17.4. The van der Waals surface area contributed by atoms with Gasteiger partial charge in [0.1, 0.15) is 5.75 Å². The normalized spacial score (nSPS) is 15.8. The highest BCUT2D eigenvalue weighted by atomic mass is 16.6. The average Bonchev–Trinajstić information content (AvgIpc) is 2.64. The molecular weight excluding hydrogens is 316 g/mol. The minimum atomic E-state index is -0.396. The zero-order valence-electron chi connectivity index (χ0n) is 14.3. The lowest BCUT2D eigenvalue weighted by Crippen LogP contribution is -2.33. The van der Waals surface area contributed by atoms with E-state index in [0.717, 1.165) is 26.1 Å². The van der Waals surface area contributed by atoms with Crippen molar-refractivity contribution in [2.75, 3.05) is 19.7 Å². The summed E-state index contributed by atoms with van der Waals surface area (Å²) < 4.78 is 5.73. The zero-order chi connectivity index (χ0) is 17.5. The molecule has 1 fully saturated rings. The Hall–Kier alpha value is -2.40. The fourth-order valence-corrected chi connectivity index (χ4v) is 3.28. The molecule has 1 saturated heterocycles. The van der Waals surface area contributed by atoms with Gasteiger partial charge in [0.25, 0.3) is 5.69 Å². The number of likely N-dealkylation sites (tertiary alicyclic amines) is 1. The molecule has 0 radical (unpaired) electrons. The highest BCUT2D eigenvalue weighted by Gasteiger charge is 2.19. The van der Waals surface area contributed by atoms with Crippen molar-refractivity contribution in [1.82, 2.24) is 4.90 Å². The van der Waals surface area contributed by atoms with Gasteiger partial charge in [-0.1, -0.05) is 30.3 Å². The maximum absolute atomic E-state index is 10.6. The Kier molecular flexibility index (Phi) is 6.01. The van der Waals surface area contributed by atoms with E-state index in [1.54, 1.807) is 12.1 Å². The molecule has 0 spiro atoms. The Morgan fingerprint density at radius 3 is 2.36 bits per heavy atom. The van der Waals surface area contributed by atoms with Crippen molar-refractivity contribution in [3.8, 4) is 5.75 Å². The minimum Gasteiger partial charge on any atom is -0.494 e. The van der Waals surface area contributed by atoms with Gasteiger partial charge in [-0.05, 0) is 56.0 Å². The smallest absolute Gasteiger partial charge is 0.269 e. The van der Waals surface area contributed by atoms with Crippen LogP contribution in [-0.4, -0.2) is 29.5 Å². The van der Waals surface area contributed by atoms with E-state index >= 15 is 0 Å². The third-order valence-corrected chi connectivity index (χ3v) is 4.80. The highest BCUT2D eigenvalue weighted by Crippen LogP contribution is 2.23. The molecule has 2 aromatic rings. The predicted octanol–water partition coefficient (Wildman–Crippen LogP) is 4.28. The Labute approximate surface area is 148 Å². The summed E-state index contributed by atoms with van der Waals surface area (Å²) in [5.41, 5.74) is 1.47. The molecule has 5 nitrogen and oxygen atoms in total. The van der Waals surface area contributed by atoms with Crippen LogP contribution in [-0.2, 0) is 6.54 Å². The van der Waals surface area contributed by atoms with Gasteiger partial charge in [0.05, 0.1) is 11.5 Å². The van der Waals surface area contributed by atoms with E-state index in [9.17, 15) is 10.1 Å². The van der Waals surface area contributed by atoms with Crippen molar-refractivity contribution >= 4 is 5.69 Å². The van der Waals surface area contributed by atoms with Crippen molar-refractivity contribution in [3.05, 3.63) is 70.3 Å². The Balaban J connectivity index is 1.36. The number of hydrogen-bond donors (Lipinski definition) is 0. The molecule has 0 amide bonds. The van der Waals surface area contributed by atoms with Crippen molar-refractivity contribution in [1.29, 1.82) is 0 Å². The SMILES string of the molecule is O=[N+]([O-])c1ccc(OCCC2CCN(Cc3ccccc3)CC2)cc1. The van der Waals surface area contributed by atoms with Crippen molar-refractivity contribution in [2.45, 2.75) is 25.8 Å². The Morgan fingerprint density at radius 1 is 1.04 bits per heavy atom. The van der Waals surface area contributed by atoms with Gasteiger partial charge >= 0.3 is 0 Å². The quantitative estimate of drug-likeness (QED) is 0.558. The molecule has 1 aliphatic heterocycles. The topological polar surface area (TPSA) is 55.6 Å². The van der Waals surface area contributed by atoms with E-state index in [4.69, 9.17) is 4.74 Å². The molecule has 0 atom stereocenters. The van der Waals surface area contributed by atoms with Crippen LogP contribution in [0.3, 0.4) is 0 Å². The number of benzene rings is 2. The summed E-state index contributed by atoms with van der Waals surface area (Å²) in [5, 5.41) is 10.6. The number of ether oxygens (including phenoxy) is 1. The minimum absolute atomic E-state index is 0.0955. The fraction of sp³-hybridized carbons (Fsp3) is 0.400. The first-order chi connectivity index (χ1) is 12.2. The van der Waals surface area contributed by atoms with Gasteiger partial charge in [-0.25, -0.2) is 0 Å². The summed E-state index contributed by atoms with van der Waals surface area (Å²) in [6, 6.07) is 16.9. The molecule has 0 aliphatic carbocycles. The molecule has 3 rings (SSSR count). The van der Waals surface area contributed by atoms with Crippen molar-refractivity contribution in [3.63, 3.8) is 0 Å². The van der Waals surface area contributed by atoms with Crippen LogP contribution in [0.1, 0.15) is 24.8 Å². The summed E-state index contributed by atoms with van der Waals surface area (Å²) in [4.78, 5) is 12.8. The average molecular weight is 340 g/mol. The number of nitro benzene ring substituents is 1. The number of piperidine rings is 1. The van der Waals surface area contributed by atoms with Crippen molar-refractivity contribution in [2.24, 2.45) is 5.92 Å². The maximum Gasteiger partial charge on any atom is 0.269 e. The summed E-state index contributed by atoms with van der Waals surface area (Å²) >= 11 is 0. The molecule has 0 saturated carbocycles. The molecule has 0 aromatic heterocycles. The van der Waals surface area contributed by atoms with E-state index < -0.39 is 4.92 Å². The van der Waals surface area contributed by atoms with Crippen molar-refractivity contribution < 1.29 is 9.66 Å². The maximum atomic E-state index is 10.6. The third kappa shape index (κ3) is 5.29. The third-order valence-electron chi connectivity index (χ3n) is 4.80. The van der Waals surface area contributed by atoms with Gasteiger partial charge in [0.2, 0.25) is 0 Å². The van der Waals surface area contributed by atoms with Crippen LogP contribution < -0.4 is 4.74 Å². The second-order valence-corrected chi connectivity index (χ2v) is 6.59. The first-order valence-corrected chi connectivity index (χ1v) is 8.84. The van der Waals surface area contributed by atoms with Crippen LogP contribution in [0, 0.1) is 16.0 Å². The highest BCUT2D eigenvalue weighted by molar-refractivity contribution is 5.35. The van der Waals surface area contributed by atoms with Gasteiger partial charge in [0.15, 0.2) is 0 Å². The van der Waals surface area contributed by atoms with E-state index in [0.29, 0.717) is 18.3 Å². The standard InChI is InChI=1S/C20H24N2O3/c23-22(24)19-6-8-20(9-7-19)25-15-12-17-10-13-21(14-11-17)16-18-4-2-1-3-5-18/h1-9,17H,10-16H2. The van der Waals surface area contributed by atoms with Gasteiger partial charge in [-0.15, -0.1) is 0 Å². The van der Waals surface area contributed by atoms with Gasteiger partial charge < -0.3 is 4.74 Å². The molecule has 0 N–H and O–H groups in total. The molecule has 132 valence electrons. The lowest BCUT2D eigenvalue weighted by molar-refractivity contribution is -0.384. The van der Waals surface area contributed by atoms with Crippen LogP contribution in [0.2, 0.25) is 0 Å². The first-order valence-electron chi connectivity index (χ1n) is 8.84. The molecule has 2 aromatic carbocycles. The summed E-state index contributed by atoms with van der Waals surface area (Å²) in [6.07, 6.45) is 3.45. The number of nitro groups is 1. The lowest BCUT2D eigenvalue weighted by Gasteiger charge is -2.32. The van der Waals surface area contributed by atoms with E-state index in [-0.39, 0.29) is 5.69 Å².